The van der Waals surface area contributed by atoms with Crippen LogP contribution in [0, 0.1) is 0 Å². The zero-order valence-electron chi connectivity index (χ0n) is 9.43. The van der Waals surface area contributed by atoms with Gasteiger partial charge in [0.2, 0.25) is 0 Å². The fourth-order valence-electron chi connectivity index (χ4n) is 2.36. The molecule has 1 heterocycles. The molecule has 0 saturated heterocycles. The Morgan fingerprint density at radius 2 is 1.88 bits per heavy atom. The Labute approximate surface area is 98.0 Å². The van der Waals surface area contributed by atoms with Gasteiger partial charge in [0, 0.05) is 24.4 Å². The SMILES string of the molecule is Cn1c(=O)c2c(c3ccccc31)CC(=O)C=C2. The summed E-state index contributed by atoms with van der Waals surface area (Å²) in [5.41, 5.74) is 2.34. The molecular weight excluding hydrogens is 214 g/mol. The summed E-state index contributed by atoms with van der Waals surface area (Å²) in [5, 5.41) is 0.988. The summed E-state index contributed by atoms with van der Waals surface area (Å²) in [6.45, 7) is 0. The molecule has 17 heavy (non-hydrogen) atoms. The number of benzene rings is 1. The van der Waals surface area contributed by atoms with E-state index in [1.165, 1.54) is 6.08 Å². The molecule has 3 rings (SSSR count). The first-order valence-corrected chi connectivity index (χ1v) is 5.50. The first kappa shape index (κ1) is 10.0. The summed E-state index contributed by atoms with van der Waals surface area (Å²) in [5.74, 6) is 0.0518. The molecule has 0 saturated carbocycles. The average Bonchev–Trinajstić information content (AvgIpc) is 2.36. The van der Waals surface area contributed by atoms with Gasteiger partial charge in [-0.3, -0.25) is 9.59 Å². The van der Waals surface area contributed by atoms with E-state index in [9.17, 15) is 9.59 Å². The van der Waals surface area contributed by atoms with Crippen molar-refractivity contribution in [2.75, 3.05) is 0 Å². The number of ketones is 1. The predicted molar refractivity (Wildman–Crippen MR) is 66.9 cm³/mol. The smallest absolute Gasteiger partial charge is 0.258 e. The summed E-state index contributed by atoms with van der Waals surface area (Å²) in [6.07, 6.45) is 3.44. The molecule has 0 spiro atoms. The Kier molecular flexibility index (Phi) is 2.01. The Morgan fingerprint density at radius 3 is 2.71 bits per heavy atom. The van der Waals surface area contributed by atoms with Gasteiger partial charge in [-0.1, -0.05) is 18.2 Å². The molecule has 3 nitrogen and oxygen atoms in total. The maximum absolute atomic E-state index is 12.1. The second-order valence-corrected chi connectivity index (χ2v) is 4.25. The van der Waals surface area contributed by atoms with E-state index in [1.807, 2.05) is 24.3 Å². The molecule has 3 heteroatoms. The Balaban J connectivity index is 2.54. The van der Waals surface area contributed by atoms with Crippen molar-refractivity contribution in [1.82, 2.24) is 4.57 Å². The molecule has 0 unspecified atom stereocenters. The van der Waals surface area contributed by atoms with Gasteiger partial charge in [0.25, 0.3) is 5.56 Å². The number of pyridine rings is 1. The van der Waals surface area contributed by atoms with Crippen LogP contribution in [0.2, 0.25) is 0 Å². The van der Waals surface area contributed by atoms with Crippen LogP contribution in [-0.2, 0) is 18.3 Å². The van der Waals surface area contributed by atoms with Gasteiger partial charge < -0.3 is 4.57 Å². The molecule has 1 aromatic heterocycles. The lowest BCUT2D eigenvalue weighted by Gasteiger charge is -2.15. The van der Waals surface area contributed by atoms with Gasteiger partial charge in [0.15, 0.2) is 5.78 Å². The molecule has 1 aliphatic rings. The third kappa shape index (κ3) is 1.35. The molecule has 0 radical (unpaired) electrons. The maximum Gasteiger partial charge on any atom is 0.258 e. The standard InChI is InChI=1S/C14H11NO2/c1-15-13-5-3-2-4-10(13)12-8-9(16)6-7-11(12)14(15)17/h2-7H,8H2,1H3. The van der Waals surface area contributed by atoms with E-state index in [0.29, 0.717) is 12.0 Å². The molecule has 84 valence electrons. The largest absolute Gasteiger partial charge is 0.311 e. The highest BCUT2D eigenvalue weighted by Crippen LogP contribution is 2.23. The first-order valence-electron chi connectivity index (χ1n) is 5.50. The highest BCUT2D eigenvalue weighted by Gasteiger charge is 2.18. The highest BCUT2D eigenvalue weighted by molar-refractivity contribution is 6.02. The van der Waals surface area contributed by atoms with Gasteiger partial charge in [0.05, 0.1) is 5.52 Å². The second kappa shape index (κ2) is 3.42. The van der Waals surface area contributed by atoms with Gasteiger partial charge in [-0.05, 0) is 23.8 Å². The molecular formula is C14H11NO2. The van der Waals surface area contributed by atoms with E-state index in [2.05, 4.69) is 0 Å². The van der Waals surface area contributed by atoms with E-state index in [0.717, 1.165) is 16.5 Å². The predicted octanol–water partition coefficient (Wildman–Crippen LogP) is 1.68. The third-order valence-electron chi connectivity index (χ3n) is 3.24. The van der Waals surface area contributed by atoms with Crippen LogP contribution in [0.25, 0.3) is 17.0 Å². The fraction of sp³-hybridized carbons (Fsp3) is 0.143. The van der Waals surface area contributed by atoms with Crippen LogP contribution in [0.15, 0.2) is 35.1 Å². The molecule has 1 aromatic carbocycles. The fourth-order valence-corrected chi connectivity index (χ4v) is 2.36. The number of hydrogen-bond donors (Lipinski definition) is 0. The molecule has 0 aliphatic heterocycles. The number of rotatable bonds is 0. The van der Waals surface area contributed by atoms with Crippen LogP contribution in [0.5, 0.6) is 0 Å². The van der Waals surface area contributed by atoms with Crippen LogP contribution in [-0.4, -0.2) is 10.4 Å². The van der Waals surface area contributed by atoms with Gasteiger partial charge in [-0.2, -0.15) is 0 Å². The van der Waals surface area contributed by atoms with Crippen LogP contribution in [0.4, 0.5) is 0 Å². The lowest BCUT2D eigenvalue weighted by Crippen LogP contribution is -2.24. The molecule has 2 aromatic rings. The number of carbonyl (C=O) groups excluding carboxylic acids is 1. The minimum atomic E-state index is -0.0394. The maximum atomic E-state index is 12.1. The lowest BCUT2D eigenvalue weighted by molar-refractivity contribution is -0.114. The van der Waals surface area contributed by atoms with Crippen LogP contribution < -0.4 is 5.56 Å². The minimum Gasteiger partial charge on any atom is -0.311 e. The number of para-hydroxylation sites is 1. The van der Waals surface area contributed by atoms with Crippen molar-refractivity contribution in [3.8, 4) is 0 Å². The Bertz CT molecular complexity index is 723. The third-order valence-corrected chi connectivity index (χ3v) is 3.24. The van der Waals surface area contributed by atoms with Gasteiger partial charge in [-0.15, -0.1) is 0 Å². The second-order valence-electron chi connectivity index (χ2n) is 4.25. The Morgan fingerprint density at radius 1 is 1.12 bits per heavy atom. The van der Waals surface area contributed by atoms with Crippen LogP contribution in [0.1, 0.15) is 11.1 Å². The number of hydrogen-bond acceptors (Lipinski definition) is 2. The van der Waals surface area contributed by atoms with Crippen molar-refractivity contribution in [3.05, 3.63) is 51.8 Å². The molecule has 0 atom stereocenters. The van der Waals surface area contributed by atoms with Crippen LogP contribution >= 0.6 is 0 Å². The molecule has 0 fully saturated rings. The summed E-state index contributed by atoms with van der Waals surface area (Å²) in [7, 11) is 1.76. The number of aryl methyl sites for hydroxylation is 1. The van der Waals surface area contributed by atoms with E-state index in [-0.39, 0.29) is 11.3 Å². The monoisotopic (exact) mass is 225 g/mol. The summed E-state index contributed by atoms with van der Waals surface area (Å²) >= 11 is 0. The van der Waals surface area contributed by atoms with Crippen molar-refractivity contribution >= 4 is 22.8 Å². The van der Waals surface area contributed by atoms with Gasteiger partial charge in [0.1, 0.15) is 0 Å². The lowest BCUT2D eigenvalue weighted by atomic mass is 9.94. The van der Waals surface area contributed by atoms with E-state index in [4.69, 9.17) is 0 Å². The van der Waals surface area contributed by atoms with E-state index in [1.54, 1.807) is 17.7 Å². The number of aromatic nitrogens is 1. The minimum absolute atomic E-state index is 0.0394. The zero-order valence-corrected chi connectivity index (χ0v) is 9.43. The quantitative estimate of drug-likeness (QED) is 0.684. The van der Waals surface area contributed by atoms with Crippen molar-refractivity contribution < 1.29 is 4.79 Å². The summed E-state index contributed by atoms with van der Waals surface area (Å²) in [6, 6.07) is 7.68. The zero-order chi connectivity index (χ0) is 12.0. The van der Waals surface area contributed by atoms with Crippen molar-refractivity contribution in [2.45, 2.75) is 6.42 Å². The molecule has 0 bridgehead atoms. The van der Waals surface area contributed by atoms with Gasteiger partial charge >= 0.3 is 0 Å². The number of carbonyl (C=O) groups is 1. The normalized spacial score (nSPS) is 14.1. The van der Waals surface area contributed by atoms with Crippen molar-refractivity contribution in [3.63, 3.8) is 0 Å². The number of nitrogens with zero attached hydrogens (tertiary/aromatic N) is 1. The van der Waals surface area contributed by atoms with Crippen molar-refractivity contribution in [2.24, 2.45) is 7.05 Å². The molecule has 0 N–H and O–H groups in total. The number of fused-ring (bicyclic) bond motifs is 3. The van der Waals surface area contributed by atoms with Crippen LogP contribution in [0.3, 0.4) is 0 Å². The van der Waals surface area contributed by atoms with Crippen molar-refractivity contribution in [1.29, 1.82) is 0 Å². The molecule has 0 amide bonds. The van der Waals surface area contributed by atoms with Gasteiger partial charge in [-0.25, -0.2) is 0 Å². The van der Waals surface area contributed by atoms with E-state index >= 15 is 0 Å². The summed E-state index contributed by atoms with van der Waals surface area (Å²) < 4.78 is 1.63. The summed E-state index contributed by atoms with van der Waals surface area (Å²) in [4.78, 5) is 23.6. The topological polar surface area (TPSA) is 39.1 Å². The highest BCUT2D eigenvalue weighted by atomic mass is 16.1. The Hall–Kier alpha value is -2.16. The first-order chi connectivity index (χ1) is 8.18. The van der Waals surface area contributed by atoms with E-state index < -0.39 is 0 Å². The average molecular weight is 225 g/mol. The number of allylic oxidation sites excluding steroid dienone is 1. The molecule has 1 aliphatic carbocycles.